The summed E-state index contributed by atoms with van der Waals surface area (Å²) in [5.41, 5.74) is 1.12. The third-order valence-electron chi connectivity index (χ3n) is 2.48. The topological polar surface area (TPSA) is 40.5 Å². The van der Waals surface area contributed by atoms with Crippen LogP contribution in [0.4, 0.5) is 0 Å². The molecule has 0 bridgehead atoms. The van der Waals surface area contributed by atoms with Gasteiger partial charge in [0.15, 0.2) is 0 Å². The zero-order chi connectivity index (χ0) is 8.43. The van der Waals surface area contributed by atoms with Crippen LogP contribution < -0.4 is 0 Å². The molecule has 1 saturated carbocycles. The van der Waals surface area contributed by atoms with Crippen LogP contribution in [0.2, 0.25) is 0 Å². The number of allylic oxidation sites excluding steroid dienone is 1. The van der Waals surface area contributed by atoms with Crippen LogP contribution in [0.5, 0.6) is 0 Å². The zero-order valence-electron chi connectivity index (χ0n) is 6.95. The second-order valence-electron chi connectivity index (χ2n) is 3.49. The van der Waals surface area contributed by atoms with Gasteiger partial charge in [0.25, 0.3) is 0 Å². The molecule has 0 aliphatic heterocycles. The molecule has 11 heavy (non-hydrogen) atoms. The first-order valence-electron chi connectivity index (χ1n) is 4.12. The molecule has 2 N–H and O–H groups in total. The smallest absolute Gasteiger partial charge is 0.0804 e. The van der Waals surface area contributed by atoms with Crippen LogP contribution in [0.3, 0.4) is 0 Å². The lowest BCUT2D eigenvalue weighted by Crippen LogP contribution is -2.33. The number of hydrogen-bond donors (Lipinski definition) is 2. The Morgan fingerprint density at radius 1 is 1.27 bits per heavy atom. The quantitative estimate of drug-likeness (QED) is 0.558. The summed E-state index contributed by atoms with van der Waals surface area (Å²) in [4.78, 5) is 0. The Morgan fingerprint density at radius 2 is 1.91 bits per heavy atom. The van der Waals surface area contributed by atoms with Crippen molar-refractivity contribution in [2.75, 3.05) is 0 Å². The Kier molecular flexibility index (Phi) is 2.68. The van der Waals surface area contributed by atoms with Crippen molar-refractivity contribution in [3.63, 3.8) is 0 Å². The second kappa shape index (κ2) is 3.37. The average molecular weight is 156 g/mol. The third-order valence-corrected chi connectivity index (χ3v) is 2.48. The van der Waals surface area contributed by atoms with E-state index in [-0.39, 0.29) is 0 Å². The summed E-state index contributed by atoms with van der Waals surface area (Å²) >= 11 is 0. The molecule has 1 fully saturated rings. The predicted octanol–water partition coefficient (Wildman–Crippen LogP) is 1.08. The van der Waals surface area contributed by atoms with Crippen molar-refractivity contribution in [2.24, 2.45) is 5.92 Å². The van der Waals surface area contributed by atoms with E-state index in [9.17, 15) is 10.2 Å². The van der Waals surface area contributed by atoms with E-state index < -0.39 is 12.2 Å². The number of rotatable bonds is 1. The van der Waals surface area contributed by atoms with Crippen LogP contribution in [0.1, 0.15) is 26.2 Å². The highest BCUT2D eigenvalue weighted by atomic mass is 16.3. The average Bonchev–Trinajstić information content (AvgIpc) is 1.94. The molecular weight excluding hydrogens is 140 g/mol. The van der Waals surface area contributed by atoms with Crippen LogP contribution >= 0.6 is 0 Å². The van der Waals surface area contributed by atoms with Crippen molar-refractivity contribution in [3.8, 4) is 0 Å². The largest absolute Gasteiger partial charge is 0.390 e. The molecule has 0 aromatic heterocycles. The fraction of sp³-hybridized carbons (Fsp3) is 0.778. The summed E-state index contributed by atoms with van der Waals surface area (Å²) in [5, 5.41) is 18.5. The molecule has 3 atom stereocenters. The van der Waals surface area contributed by atoms with E-state index in [0.29, 0.717) is 18.8 Å². The Labute approximate surface area is 67.6 Å². The Balaban J connectivity index is 2.46. The van der Waals surface area contributed by atoms with Gasteiger partial charge in [-0.25, -0.2) is 0 Å². The van der Waals surface area contributed by atoms with Gasteiger partial charge in [-0.3, -0.25) is 0 Å². The van der Waals surface area contributed by atoms with Crippen LogP contribution in [0.25, 0.3) is 0 Å². The van der Waals surface area contributed by atoms with E-state index in [1.165, 1.54) is 0 Å². The van der Waals surface area contributed by atoms with Gasteiger partial charge in [0.2, 0.25) is 0 Å². The monoisotopic (exact) mass is 156 g/mol. The molecule has 0 aromatic carbocycles. The van der Waals surface area contributed by atoms with Crippen molar-refractivity contribution < 1.29 is 10.2 Å². The van der Waals surface area contributed by atoms with Crippen molar-refractivity contribution in [3.05, 3.63) is 12.2 Å². The summed E-state index contributed by atoms with van der Waals surface area (Å²) < 4.78 is 0. The second-order valence-corrected chi connectivity index (χ2v) is 3.49. The third kappa shape index (κ3) is 2.04. The van der Waals surface area contributed by atoms with Gasteiger partial charge in [-0.1, -0.05) is 12.2 Å². The fourth-order valence-corrected chi connectivity index (χ4v) is 1.58. The predicted molar refractivity (Wildman–Crippen MR) is 44.2 cm³/mol. The summed E-state index contributed by atoms with van der Waals surface area (Å²) in [6.45, 7) is 5.83. The molecule has 64 valence electrons. The minimum Gasteiger partial charge on any atom is -0.390 e. The zero-order valence-corrected chi connectivity index (χ0v) is 6.95. The lowest BCUT2D eigenvalue weighted by Gasteiger charge is -2.30. The van der Waals surface area contributed by atoms with Crippen LogP contribution in [0.15, 0.2) is 12.2 Å². The van der Waals surface area contributed by atoms with E-state index in [0.717, 1.165) is 12.0 Å². The maximum absolute atomic E-state index is 9.31. The van der Waals surface area contributed by atoms with Gasteiger partial charge in [0.05, 0.1) is 12.2 Å². The van der Waals surface area contributed by atoms with E-state index in [2.05, 4.69) is 6.58 Å². The van der Waals surface area contributed by atoms with Crippen molar-refractivity contribution in [2.45, 2.75) is 38.4 Å². The molecule has 0 heterocycles. The highest BCUT2D eigenvalue weighted by Crippen LogP contribution is 2.28. The van der Waals surface area contributed by atoms with Gasteiger partial charge in [0.1, 0.15) is 0 Å². The summed E-state index contributed by atoms with van der Waals surface area (Å²) in [5.74, 6) is 0.411. The van der Waals surface area contributed by atoms with Gasteiger partial charge in [-0.15, -0.1) is 0 Å². The highest BCUT2D eigenvalue weighted by molar-refractivity contribution is 4.99. The van der Waals surface area contributed by atoms with Gasteiger partial charge < -0.3 is 10.2 Å². The maximum atomic E-state index is 9.31. The molecule has 1 aliphatic rings. The van der Waals surface area contributed by atoms with Crippen LogP contribution in [0, 0.1) is 5.92 Å². The van der Waals surface area contributed by atoms with Gasteiger partial charge in [-0.2, -0.15) is 0 Å². The number of aliphatic hydroxyl groups excluding tert-OH is 2. The molecule has 0 saturated heterocycles. The molecule has 1 rings (SSSR count). The Morgan fingerprint density at radius 3 is 2.36 bits per heavy atom. The first-order valence-corrected chi connectivity index (χ1v) is 4.12. The van der Waals surface area contributed by atoms with Crippen molar-refractivity contribution >= 4 is 0 Å². The molecule has 0 spiro atoms. The fourth-order valence-electron chi connectivity index (χ4n) is 1.58. The molecule has 3 unspecified atom stereocenters. The van der Waals surface area contributed by atoms with Crippen molar-refractivity contribution in [1.82, 2.24) is 0 Å². The molecule has 1 aliphatic carbocycles. The minimum absolute atomic E-state index is 0.411. The van der Waals surface area contributed by atoms with E-state index in [1.54, 1.807) is 0 Å². The van der Waals surface area contributed by atoms with Gasteiger partial charge >= 0.3 is 0 Å². The SMILES string of the molecule is C=C(C)C1CCC(O)C(O)C1. The van der Waals surface area contributed by atoms with Crippen LogP contribution in [-0.2, 0) is 0 Å². The summed E-state index contributed by atoms with van der Waals surface area (Å²) in [6, 6.07) is 0. The lowest BCUT2D eigenvalue weighted by atomic mass is 9.82. The molecule has 0 aromatic rings. The lowest BCUT2D eigenvalue weighted by molar-refractivity contribution is -0.0202. The Hall–Kier alpha value is -0.340. The minimum atomic E-state index is -0.537. The summed E-state index contributed by atoms with van der Waals surface area (Å²) in [7, 11) is 0. The first kappa shape index (κ1) is 8.75. The first-order chi connectivity index (χ1) is 5.11. The summed E-state index contributed by atoms with van der Waals surface area (Å²) in [6.07, 6.45) is 1.30. The van der Waals surface area contributed by atoms with Gasteiger partial charge in [-0.05, 0) is 32.1 Å². The molecule has 2 nitrogen and oxygen atoms in total. The number of aliphatic hydroxyl groups is 2. The van der Waals surface area contributed by atoms with E-state index in [1.807, 2.05) is 6.92 Å². The standard InChI is InChI=1S/C9H16O2/c1-6(2)7-3-4-8(10)9(11)5-7/h7-11H,1,3-5H2,2H3. The van der Waals surface area contributed by atoms with Gasteiger partial charge in [0, 0.05) is 0 Å². The molecule has 0 radical (unpaired) electrons. The van der Waals surface area contributed by atoms with E-state index >= 15 is 0 Å². The molecule has 0 amide bonds. The maximum Gasteiger partial charge on any atom is 0.0804 e. The Bertz CT molecular complexity index is 154. The van der Waals surface area contributed by atoms with Crippen LogP contribution in [-0.4, -0.2) is 22.4 Å². The molecule has 2 heteroatoms. The number of hydrogen-bond acceptors (Lipinski definition) is 2. The molecular formula is C9H16O2. The normalized spacial score (nSPS) is 38.6. The van der Waals surface area contributed by atoms with E-state index in [4.69, 9.17) is 0 Å². The highest BCUT2D eigenvalue weighted by Gasteiger charge is 2.27. The van der Waals surface area contributed by atoms with Crippen molar-refractivity contribution in [1.29, 1.82) is 0 Å².